The van der Waals surface area contributed by atoms with E-state index in [1.165, 1.54) is 0 Å². The highest BCUT2D eigenvalue weighted by Gasteiger charge is 2.53. The molecule has 2 N–H and O–H groups in total. The largest absolute Gasteiger partial charge is 0.491 e. The number of rotatable bonds is 7. The summed E-state index contributed by atoms with van der Waals surface area (Å²) in [7, 11) is 0. The molecular weight excluding hydrogens is 380 g/mol. The molecule has 1 fully saturated rings. The molecule has 0 saturated carbocycles. The number of nitrogens with one attached hydrogen (secondary N) is 1. The molecule has 0 radical (unpaired) electrons. The molecule has 0 aliphatic carbocycles. The second-order valence-electron chi connectivity index (χ2n) is 7.11. The second-order valence-corrected chi connectivity index (χ2v) is 7.11. The van der Waals surface area contributed by atoms with Crippen LogP contribution in [0.15, 0.2) is 91.0 Å². The quantitative estimate of drug-likeness (QED) is 0.596. The minimum absolute atomic E-state index is 0.0370. The number of carbonyl (C=O) groups excluding carboxylic acids is 2. The van der Waals surface area contributed by atoms with Gasteiger partial charge in [0.15, 0.2) is 5.54 Å². The zero-order chi connectivity index (χ0) is 21.0. The SMILES string of the molecule is O=C1NC(c2ccccc2)(c2ccccc2)C(=O)N1C[C@H](O)COc1ccccc1. The topological polar surface area (TPSA) is 78.9 Å². The summed E-state index contributed by atoms with van der Waals surface area (Å²) in [6.45, 7) is -0.205. The first-order valence-electron chi connectivity index (χ1n) is 9.72. The third-order valence-electron chi connectivity index (χ3n) is 5.10. The summed E-state index contributed by atoms with van der Waals surface area (Å²) < 4.78 is 5.55. The fourth-order valence-electron chi connectivity index (χ4n) is 3.65. The molecule has 1 heterocycles. The second kappa shape index (κ2) is 8.39. The van der Waals surface area contributed by atoms with Crippen LogP contribution in [0.25, 0.3) is 0 Å². The lowest BCUT2D eigenvalue weighted by Gasteiger charge is -2.28. The van der Waals surface area contributed by atoms with Crippen LogP contribution in [0.4, 0.5) is 4.79 Å². The summed E-state index contributed by atoms with van der Waals surface area (Å²) in [4.78, 5) is 27.4. The number of β-amino-alcohol motifs (C(OH)–C–C–N with tert-alkyl or cyclic N) is 1. The smallest absolute Gasteiger partial charge is 0.325 e. The number of amides is 3. The van der Waals surface area contributed by atoms with Crippen LogP contribution in [0.1, 0.15) is 11.1 Å². The van der Waals surface area contributed by atoms with Gasteiger partial charge in [0, 0.05) is 0 Å². The van der Waals surface area contributed by atoms with Crippen LogP contribution in [0, 0.1) is 0 Å². The normalized spacial score (nSPS) is 16.2. The fourth-order valence-corrected chi connectivity index (χ4v) is 3.65. The zero-order valence-corrected chi connectivity index (χ0v) is 16.3. The van der Waals surface area contributed by atoms with Crippen LogP contribution in [0.5, 0.6) is 5.75 Å². The number of benzene rings is 3. The summed E-state index contributed by atoms with van der Waals surface area (Å²) in [5.74, 6) is 0.181. The molecule has 0 spiro atoms. The highest BCUT2D eigenvalue weighted by molar-refractivity contribution is 6.09. The van der Waals surface area contributed by atoms with Crippen molar-refractivity contribution in [1.29, 1.82) is 0 Å². The summed E-state index contributed by atoms with van der Waals surface area (Å²) in [6, 6.07) is 26.8. The molecule has 1 aliphatic rings. The average Bonchev–Trinajstić information content (AvgIpc) is 3.05. The van der Waals surface area contributed by atoms with Gasteiger partial charge in [-0.1, -0.05) is 78.9 Å². The van der Waals surface area contributed by atoms with E-state index in [-0.39, 0.29) is 13.2 Å². The third kappa shape index (κ3) is 3.65. The summed E-state index contributed by atoms with van der Waals surface area (Å²) in [5.41, 5.74) is -0.0151. The van der Waals surface area contributed by atoms with E-state index >= 15 is 0 Å². The highest BCUT2D eigenvalue weighted by Crippen LogP contribution is 2.36. The fraction of sp³-hybridized carbons (Fsp3) is 0.167. The van der Waals surface area contributed by atoms with Crippen molar-refractivity contribution < 1.29 is 19.4 Å². The molecule has 0 unspecified atom stereocenters. The van der Waals surface area contributed by atoms with Crippen LogP contribution in [0.2, 0.25) is 0 Å². The monoisotopic (exact) mass is 402 g/mol. The zero-order valence-electron chi connectivity index (χ0n) is 16.3. The Hall–Kier alpha value is -3.64. The maximum absolute atomic E-state index is 13.5. The van der Waals surface area contributed by atoms with Gasteiger partial charge < -0.3 is 15.2 Å². The summed E-state index contributed by atoms with van der Waals surface area (Å²) in [5, 5.41) is 13.3. The van der Waals surface area contributed by atoms with Crippen molar-refractivity contribution in [2.24, 2.45) is 0 Å². The number of urea groups is 1. The molecule has 6 heteroatoms. The highest BCUT2D eigenvalue weighted by atomic mass is 16.5. The Labute approximate surface area is 174 Å². The van der Waals surface area contributed by atoms with Gasteiger partial charge in [-0.05, 0) is 23.3 Å². The Kier molecular flexibility index (Phi) is 5.50. The molecule has 152 valence electrons. The van der Waals surface area contributed by atoms with Crippen LogP contribution in [0.3, 0.4) is 0 Å². The van der Waals surface area contributed by atoms with Gasteiger partial charge in [0.2, 0.25) is 0 Å². The standard InChI is InChI=1S/C24H22N2O4/c27-20(17-30-21-14-8-3-9-15-21)16-26-22(28)24(25-23(26)29,18-10-4-1-5-11-18)19-12-6-2-7-13-19/h1-15,20,27H,16-17H2,(H,25,29)/t20-/m0/s1. The minimum atomic E-state index is -1.33. The molecule has 1 atom stereocenters. The van der Waals surface area contributed by atoms with Crippen molar-refractivity contribution in [3.05, 3.63) is 102 Å². The van der Waals surface area contributed by atoms with E-state index in [1.807, 2.05) is 78.9 Å². The van der Waals surface area contributed by atoms with Crippen LogP contribution >= 0.6 is 0 Å². The first-order valence-corrected chi connectivity index (χ1v) is 9.72. The molecule has 1 saturated heterocycles. The Morgan fingerprint density at radius 1 is 0.833 bits per heavy atom. The predicted molar refractivity (Wildman–Crippen MR) is 112 cm³/mol. The molecule has 3 aromatic rings. The number of imide groups is 1. The number of hydrogen-bond donors (Lipinski definition) is 2. The van der Waals surface area contributed by atoms with Gasteiger partial charge >= 0.3 is 6.03 Å². The van der Waals surface area contributed by atoms with Crippen molar-refractivity contribution in [2.45, 2.75) is 11.6 Å². The third-order valence-corrected chi connectivity index (χ3v) is 5.10. The van der Waals surface area contributed by atoms with E-state index < -0.39 is 23.6 Å². The molecule has 1 aliphatic heterocycles. The van der Waals surface area contributed by atoms with Gasteiger partial charge in [0.05, 0.1) is 6.54 Å². The molecule has 30 heavy (non-hydrogen) atoms. The van der Waals surface area contributed by atoms with Gasteiger partial charge in [-0.15, -0.1) is 0 Å². The first kappa shape index (κ1) is 19.7. The molecule has 4 rings (SSSR count). The Balaban J connectivity index is 1.58. The van der Waals surface area contributed by atoms with Gasteiger partial charge in [-0.25, -0.2) is 4.79 Å². The van der Waals surface area contributed by atoms with Gasteiger partial charge in [-0.2, -0.15) is 0 Å². The maximum Gasteiger partial charge on any atom is 0.325 e. The number of nitrogens with zero attached hydrogens (tertiary/aromatic N) is 1. The molecule has 3 amide bonds. The molecule has 0 aromatic heterocycles. The number of aliphatic hydroxyl groups excluding tert-OH is 1. The Bertz CT molecular complexity index is 970. The van der Waals surface area contributed by atoms with E-state index in [1.54, 1.807) is 12.1 Å². The maximum atomic E-state index is 13.5. The van der Waals surface area contributed by atoms with Crippen LogP contribution < -0.4 is 10.1 Å². The van der Waals surface area contributed by atoms with Gasteiger partial charge in [0.25, 0.3) is 5.91 Å². The number of aliphatic hydroxyl groups is 1. The van der Waals surface area contributed by atoms with Crippen LogP contribution in [-0.4, -0.2) is 41.2 Å². The average molecular weight is 402 g/mol. The van der Waals surface area contributed by atoms with E-state index in [0.717, 1.165) is 4.90 Å². The van der Waals surface area contributed by atoms with Crippen molar-refractivity contribution in [2.75, 3.05) is 13.2 Å². The van der Waals surface area contributed by atoms with Crippen molar-refractivity contribution in [3.63, 3.8) is 0 Å². The van der Waals surface area contributed by atoms with Crippen LogP contribution in [-0.2, 0) is 10.3 Å². The van der Waals surface area contributed by atoms with Crippen molar-refractivity contribution in [3.8, 4) is 5.75 Å². The first-order chi connectivity index (χ1) is 14.6. The Morgan fingerprint density at radius 2 is 1.33 bits per heavy atom. The number of carbonyl (C=O) groups is 2. The molecule has 3 aromatic carbocycles. The lowest BCUT2D eigenvalue weighted by molar-refractivity contribution is -0.131. The van der Waals surface area contributed by atoms with Gasteiger partial charge in [-0.3, -0.25) is 9.69 Å². The van der Waals surface area contributed by atoms with E-state index in [2.05, 4.69) is 5.32 Å². The number of ether oxygens (including phenoxy) is 1. The predicted octanol–water partition coefficient (Wildman–Crippen LogP) is 2.92. The van der Waals surface area contributed by atoms with Crippen molar-refractivity contribution in [1.82, 2.24) is 10.2 Å². The van der Waals surface area contributed by atoms with Crippen molar-refractivity contribution >= 4 is 11.9 Å². The minimum Gasteiger partial charge on any atom is -0.491 e. The lowest BCUT2D eigenvalue weighted by atomic mass is 9.82. The number of para-hydroxylation sites is 1. The lowest BCUT2D eigenvalue weighted by Crippen LogP contribution is -2.46. The van der Waals surface area contributed by atoms with E-state index in [0.29, 0.717) is 16.9 Å². The number of hydrogen-bond acceptors (Lipinski definition) is 4. The van der Waals surface area contributed by atoms with Gasteiger partial charge in [0.1, 0.15) is 18.5 Å². The summed E-state index contributed by atoms with van der Waals surface area (Å²) >= 11 is 0. The van der Waals surface area contributed by atoms with E-state index in [4.69, 9.17) is 4.74 Å². The molecule has 0 bridgehead atoms. The Morgan fingerprint density at radius 3 is 1.87 bits per heavy atom. The molecular formula is C24H22N2O4. The summed E-state index contributed by atoms with van der Waals surface area (Å²) in [6.07, 6.45) is -1.03. The molecule has 6 nitrogen and oxygen atoms in total. The van der Waals surface area contributed by atoms with E-state index in [9.17, 15) is 14.7 Å².